The van der Waals surface area contributed by atoms with E-state index in [0.29, 0.717) is 18.6 Å². The van der Waals surface area contributed by atoms with Crippen molar-refractivity contribution in [3.8, 4) is 0 Å². The molecule has 0 radical (unpaired) electrons. The summed E-state index contributed by atoms with van der Waals surface area (Å²) in [5, 5.41) is 12.0. The average molecular weight is 329 g/mol. The molecular weight excluding hydrogens is 302 g/mol. The molecule has 0 bridgehead atoms. The first-order valence-electron chi connectivity index (χ1n) is 9.00. The second-order valence-corrected chi connectivity index (χ2v) is 7.09. The summed E-state index contributed by atoms with van der Waals surface area (Å²) in [6.07, 6.45) is 8.29. The molecule has 1 aromatic heterocycles. The van der Waals surface area contributed by atoms with Crippen molar-refractivity contribution in [2.75, 3.05) is 26.2 Å². The van der Waals surface area contributed by atoms with Crippen molar-refractivity contribution in [1.82, 2.24) is 29.9 Å². The first-order chi connectivity index (χ1) is 11.7. The van der Waals surface area contributed by atoms with Gasteiger partial charge < -0.3 is 14.8 Å². The van der Waals surface area contributed by atoms with Gasteiger partial charge in [0.15, 0.2) is 11.8 Å². The molecule has 130 valence electrons. The monoisotopic (exact) mass is 329 g/mol. The van der Waals surface area contributed by atoms with Gasteiger partial charge in [-0.25, -0.2) is 4.99 Å². The lowest BCUT2D eigenvalue weighted by atomic mass is 10.2. The fourth-order valence-electron chi connectivity index (χ4n) is 3.41. The van der Waals surface area contributed by atoms with Crippen LogP contribution in [0.15, 0.2) is 17.1 Å². The molecule has 1 atom stereocenters. The minimum absolute atomic E-state index is 0.582. The summed E-state index contributed by atoms with van der Waals surface area (Å²) in [6, 6.07) is 1.25. The predicted molar refractivity (Wildman–Crippen MR) is 93.7 cm³/mol. The number of aliphatic imine (C=N–C) groups is 1. The Morgan fingerprint density at radius 2 is 2.04 bits per heavy atom. The third kappa shape index (κ3) is 3.31. The Balaban J connectivity index is 1.43. The molecule has 1 aromatic rings. The van der Waals surface area contributed by atoms with E-state index in [1.807, 2.05) is 18.5 Å². The van der Waals surface area contributed by atoms with Crippen LogP contribution in [0.4, 0.5) is 0 Å². The molecule has 3 aliphatic rings. The Bertz CT molecular complexity index is 635. The van der Waals surface area contributed by atoms with Gasteiger partial charge in [0.25, 0.3) is 0 Å². The number of aryl methyl sites for hydroxylation is 1. The average Bonchev–Trinajstić information content (AvgIpc) is 2.99. The van der Waals surface area contributed by atoms with Crippen LogP contribution in [0, 0.1) is 6.92 Å². The van der Waals surface area contributed by atoms with Gasteiger partial charge in [0, 0.05) is 45.3 Å². The van der Waals surface area contributed by atoms with Gasteiger partial charge in [0.05, 0.1) is 0 Å². The van der Waals surface area contributed by atoms with Crippen LogP contribution in [-0.4, -0.2) is 68.8 Å². The maximum absolute atomic E-state index is 4.87. The number of nitrogens with one attached hydrogen (secondary N) is 1. The molecule has 7 nitrogen and oxygen atoms in total. The van der Waals surface area contributed by atoms with Crippen LogP contribution >= 0.6 is 0 Å². The summed E-state index contributed by atoms with van der Waals surface area (Å²) < 4.78 is 2.01. The van der Waals surface area contributed by atoms with E-state index in [-0.39, 0.29) is 0 Å². The van der Waals surface area contributed by atoms with Crippen molar-refractivity contribution >= 4 is 5.96 Å². The lowest BCUT2D eigenvalue weighted by Crippen LogP contribution is -2.43. The zero-order valence-electron chi connectivity index (χ0n) is 14.6. The van der Waals surface area contributed by atoms with Crippen molar-refractivity contribution < 1.29 is 0 Å². The minimum Gasteiger partial charge on any atom is -0.353 e. The molecule has 2 aliphatic heterocycles. The van der Waals surface area contributed by atoms with Crippen LogP contribution in [-0.2, 0) is 13.6 Å². The number of aromatic nitrogens is 3. The topological polar surface area (TPSA) is 61.6 Å². The van der Waals surface area contributed by atoms with E-state index in [1.165, 1.54) is 19.3 Å². The molecular formula is C17H27N7. The van der Waals surface area contributed by atoms with Crippen LogP contribution in [0.25, 0.3) is 0 Å². The van der Waals surface area contributed by atoms with Crippen molar-refractivity contribution in [3.63, 3.8) is 0 Å². The van der Waals surface area contributed by atoms with Gasteiger partial charge in [-0.05, 0) is 26.2 Å². The molecule has 1 aliphatic carbocycles. The molecule has 1 saturated carbocycles. The van der Waals surface area contributed by atoms with Crippen LogP contribution in [0.3, 0.4) is 0 Å². The van der Waals surface area contributed by atoms with E-state index in [0.717, 1.165) is 43.8 Å². The molecule has 1 saturated heterocycles. The quantitative estimate of drug-likeness (QED) is 0.500. The van der Waals surface area contributed by atoms with Gasteiger partial charge in [-0.3, -0.25) is 4.90 Å². The van der Waals surface area contributed by atoms with E-state index in [9.17, 15) is 0 Å². The summed E-state index contributed by atoms with van der Waals surface area (Å²) in [6.45, 7) is 6.89. The maximum atomic E-state index is 4.87. The van der Waals surface area contributed by atoms with Crippen molar-refractivity contribution in [3.05, 3.63) is 23.8 Å². The fraction of sp³-hybridized carbons (Fsp3) is 0.706. The molecule has 7 heteroatoms. The molecule has 3 heterocycles. The highest BCUT2D eigenvalue weighted by molar-refractivity contribution is 5.81. The summed E-state index contributed by atoms with van der Waals surface area (Å²) in [5.41, 5.74) is 0. The number of guanidine groups is 1. The van der Waals surface area contributed by atoms with Crippen molar-refractivity contribution in [2.45, 2.75) is 44.8 Å². The normalized spacial score (nSPS) is 25.0. The van der Waals surface area contributed by atoms with Gasteiger partial charge in [0.1, 0.15) is 12.4 Å². The molecule has 2 fully saturated rings. The summed E-state index contributed by atoms with van der Waals surface area (Å²) in [4.78, 5) is 9.84. The number of likely N-dealkylation sites (tertiary alicyclic amines) is 1. The SMILES string of the molecule is Cc1nnc(CN=C(NC2CC2)N2CCC(N3CC=CC3)C2)n1C. The van der Waals surface area contributed by atoms with E-state index in [4.69, 9.17) is 4.99 Å². The Hall–Kier alpha value is -1.89. The zero-order valence-corrected chi connectivity index (χ0v) is 14.6. The third-order valence-corrected chi connectivity index (χ3v) is 5.29. The van der Waals surface area contributed by atoms with Gasteiger partial charge in [-0.15, -0.1) is 10.2 Å². The smallest absolute Gasteiger partial charge is 0.194 e. The summed E-state index contributed by atoms with van der Waals surface area (Å²) in [5.74, 6) is 2.90. The fourth-order valence-corrected chi connectivity index (χ4v) is 3.41. The molecule has 1 N–H and O–H groups in total. The molecule has 24 heavy (non-hydrogen) atoms. The molecule has 0 amide bonds. The summed E-state index contributed by atoms with van der Waals surface area (Å²) in [7, 11) is 2.00. The third-order valence-electron chi connectivity index (χ3n) is 5.29. The van der Waals surface area contributed by atoms with Gasteiger partial charge >= 0.3 is 0 Å². The lowest BCUT2D eigenvalue weighted by Gasteiger charge is -2.25. The van der Waals surface area contributed by atoms with Gasteiger partial charge in [0.2, 0.25) is 0 Å². The van der Waals surface area contributed by atoms with Crippen LogP contribution in [0.1, 0.15) is 30.9 Å². The van der Waals surface area contributed by atoms with Crippen LogP contribution < -0.4 is 5.32 Å². The molecule has 4 rings (SSSR count). The van der Waals surface area contributed by atoms with Crippen LogP contribution in [0.2, 0.25) is 0 Å². The molecule has 0 spiro atoms. The Kier molecular flexibility index (Phi) is 4.26. The van der Waals surface area contributed by atoms with Crippen LogP contribution in [0.5, 0.6) is 0 Å². The zero-order chi connectivity index (χ0) is 16.5. The second kappa shape index (κ2) is 6.55. The Labute approximate surface area is 143 Å². The number of nitrogens with zero attached hydrogens (tertiary/aromatic N) is 6. The summed E-state index contributed by atoms with van der Waals surface area (Å²) >= 11 is 0. The number of rotatable bonds is 4. The highest BCUT2D eigenvalue weighted by atomic mass is 15.4. The minimum atomic E-state index is 0.582. The second-order valence-electron chi connectivity index (χ2n) is 7.09. The largest absolute Gasteiger partial charge is 0.353 e. The highest BCUT2D eigenvalue weighted by Gasteiger charge is 2.32. The van der Waals surface area contributed by atoms with E-state index >= 15 is 0 Å². The van der Waals surface area contributed by atoms with E-state index in [2.05, 4.69) is 37.5 Å². The maximum Gasteiger partial charge on any atom is 0.194 e. The predicted octanol–water partition coefficient (Wildman–Crippen LogP) is 0.678. The first-order valence-corrected chi connectivity index (χ1v) is 9.00. The van der Waals surface area contributed by atoms with Gasteiger partial charge in [-0.1, -0.05) is 12.2 Å². The Morgan fingerprint density at radius 3 is 2.71 bits per heavy atom. The van der Waals surface area contributed by atoms with Crippen molar-refractivity contribution in [1.29, 1.82) is 0 Å². The first kappa shape index (κ1) is 15.6. The van der Waals surface area contributed by atoms with Crippen molar-refractivity contribution in [2.24, 2.45) is 12.0 Å². The highest BCUT2D eigenvalue weighted by Crippen LogP contribution is 2.22. The standard InChI is InChI=1S/C17H27N7/c1-13-20-21-16(22(13)2)11-18-17(19-14-5-6-14)24-10-7-15(12-24)23-8-3-4-9-23/h3-4,14-15H,5-12H2,1-2H3,(H,18,19). The lowest BCUT2D eigenvalue weighted by molar-refractivity contribution is 0.259. The number of hydrogen-bond acceptors (Lipinski definition) is 4. The van der Waals surface area contributed by atoms with E-state index < -0.39 is 0 Å². The Morgan fingerprint density at radius 1 is 1.25 bits per heavy atom. The number of hydrogen-bond donors (Lipinski definition) is 1. The molecule has 0 aromatic carbocycles. The van der Waals surface area contributed by atoms with E-state index in [1.54, 1.807) is 0 Å². The van der Waals surface area contributed by atoms with Gasteiger partial charge in [-0.2, -0.15) is 0 Å². The molecule has 1 unspecified atom stereocenters.